The van der Waals surface area contributed by atoms with Crippen molar-refractivity contribution in [2.45, 2.75) is 12.8 Å². The van der Waals surface area contributed by atoms with Gasteiger partial charge in [0.05, 0.1) is 36.5 Å². The molecule has 9 heteroatoms. The molecule has 0 aliphatic carbocycles. The molecule has 3 aromatic rings. The van der Waals surface area contributed by atoms with E-state index >= 15 is 0 Å². The number of methoxy groups -OCH3 is 1. The average molecular weight is 495 g/mol. The quantitative estimate of drug-likeness (QED) is 0.478. The lowest BCUT2D eigenvalue weighted by atomic mass is 10.1. The number of carbonyl (C=O) groups excluding carboxylic acids is 2. The molecule has 2 aliphatic heterocycles. The van der Waals surface area contributed by atoms with E-state index < -0.39 is 5.92 Å². The first-order chi connectivity index (χ1) is 17.1. The number of amides is 2. The lowest BCUT2D eigenvalue weighted by molar-refractivity contribution is -0.124. The molecule has 2 saturated heterocycles. The number of thiazole rings is 1. The van der Waals surface area contributed by atoms with Gasteiger partial charge in [-0.2, -0.15) is 0 Å². The number of hydrogen-bond acceptors (Lipinski definition) is 7. The third kappa shape index (κ3) is 5.32. The molecule has 0 radical (unpaired) electrons. The van der Waals surface area contributed by atoms with E-state index in [9.17, 15) is 9.59 Å². The first kappa shape index (κ1) is 23.7. The molecule has 0 bridgehead atoms. The zero-order valence-electron chi connectivity index (χ0n) is 19.9. The number of fused-ring (bicyclic) bond motifs is 1. The molecule has 3 heterocycles. The number of benzene rings is 2. The molecule has 2 aromatic carbocycles. The second-order valence-electron chi connectivity index (χ2n) is 8.87. The molecule has 8 nitrogen and oxygen atoms in total. The van der Waals surface area contributed by atoms with Crippen molar-refractivity contribution in [2.24, 2.45) is 5.92 Å². The lowest BCUT2D eigenvalue weighted by Gasteiger charge is -2.28. The summed E-state index contributed by atoms with van der Waals surface area (Å²) in [5.74, 6) is 0.286. The minimum atomic E-state index is -0.396. The third-order valence-electron chi connectivity index (χ3n) is 6.58. The van der Waals surface area contributed by atoms with Crippen LogP contribution in [-0.4, -0.2) is 74.7 Å². The highest BCUT2D eigenvalue weighted by atomic mass is 32.1. The third-order valence-corrected chi connectivity index (χ3v) is 7.64. The zero-order valence-corrected chi connectivity index (χ0v) is 20.7. The molecule has 2 aliphatic rings. The van der Waals surface area contributed by atoms with Gasteiger partial charge in [-0.1, -0.05) is 29.5 Å². The van der Waals surface area contributed by atoms with Gasteiger partial charge in [-0.05, 0) is 30.7 Å². The van der Waals surface area contributed by atoms with Crippen molar-refractivity contribution >= 4 is 44.2 Å². The Morgan fingerprint density at radius 3 is 2.77 bits per heavy atom. The van der Waals surface area contributed by atoms with E-state index in [0.29, 0.717) is 18.2 Å². The largest absolute Gasteiger partial charge is 0.497 e. The number of ether oxygens (including phenoxy) is 2. The van der Waals surface area contributed by atoms with Crippen LogP contribution in [0.15, 0.2) is 48.5 Å². The highest BCUT2D eigenvalue weighted by Crippen LogP contribution is 2.34. The predicted octanol–water partition coefficient (Wildman–Crippen LogP) is 3.41. The Morgan fingerprint density at radius 2 is 2.00 bits per heavy atom. The normalized spacial score (nSPS) is 18.8. The van der Waals surface area contributed by atoms with Gasteiger partial charge in [-0.25, -0.2) is 4.98 Å². The van der Waals surface area contributed by atoms with Gasteiger partial charge in [-0.3, -0.25) is 19.4 Å². The summed E-state index contributed by atoms with van der Waals surface area (Å²) in [6, 6.07) is 15.3. The Balaban J connectivity index is 1.36. The van der Waals surface area contributed by atoms with Crippen LogP contribution in [0, 0.1) is 5.92 Å². The molecule has 1 atom stereocenters. The molecular formula is C26H30N4O4S. The van der Waals surface area contributed by atoms with Crippen LogP contribution in [-0.2, 0) is 14.3 Å². The summed E-state index contributed by atoms with van der Waals surface area (Å²) in [6.45, 7) is 5.18. The van der Waals surface area contributed by atoms with Gasteiger partial charge in [0.2, 0.25) is 11.8 Å². The lowest BCUT2D eigenvalue weighted by Crippen LogP contribution is -2.41. The van der Waals surface area contributed by atoms with Crippen LogP contribution in [0.2, 0.25) is 0 Å². The van der Waals surface area contributed by atoms with Gasteiger partial charge in [0.25, 0.3) is 0 Å². The summed E-state index contributed by atoms with van der Waals surface area (Å²) < 4.78 is 11.8. The summed E-state index contributed by atoms with van der Waals surface area (Å²) in [6.07, 6.45) is 1.04. The Labute approximate surface area is 209 Å². The molecule has 0 spiro atoms. The molecular weight excluding hydrogens is 464 g/mol. The van der Waals surface area contributed by atoms with E-state index in [0.717, 1.165) is 60.9 Å². The topological polar surface area (TPSA) is 75.2 Å². The molecule has 1 unspecified atom stereocenters. The summed E-state index contributed by atoms with van der Waals surface area (Å²) >= 11 is 1.50. The molecule has 35 heavy (non-hydrogen) atoms. The molecule has 0 saturated carbocycles. The van der Waals surface area contributed by atoms with Gasteiger partial charge in [0.1, 0.15) is 5.75 Å². The van der Waals surface area contributed by atoms with Gasteiger partial charge < -0.3 is 14.4 Å². The fraction of sp³-hybridized carbons (Fsp3) is 0.423. The standard InChI is InChI=1S/C26H30N4O4S/c1-33-21-8-9-23-22(17-21)27-26(35-23)29(11-5-10-28-12-14-34-15-13-28)25(32)19-16-24(31)30(18-19)20-6-3-2-4-7-20/h2-4,6-9,17,19H,5,10-16,18H2,1H3. The van der Waals surface area contributed by atoms with Crippen LogP contribution >= 0.6 is 11.3 Å². The fourth-order valence-electron chi connectivity index (χ4n) is 4.67. The van der Waals surface area contributed by atoms with Crippen LogP contribution in [0.4, 0.5) is 10.8 Å². The zero-order chi connectivity index (χ0) is 24.2. The van der Waals surface area contributed by atoms with Crippen molar-refractivity contribution in [3.63, 3.8) is 0 Å². The Kier molecular flexibility index (Phi) is 7.26. The fourth-order valence-corrected chi connectivity index (χ4v) is 5.64. The summed E-state index contributed by atoms with van der Waals surface area (Å²) in [5, 5.41) is 0.672. The number of carbonyl (C=O) groups is 2. The van der Waals surface area contributed by atoms with E-state index in [1.807, 2.05) is 48.5 Å². The number of para-hydroxylation sites is 1. The maximum atomic E-state index is 13.8. The Hall–Kier alpha value is -3.01. The number of hydrogen-bond donors (Lipinski definition) is 0. The first-order valence-corrected chi connectivity index (χ1v) is 12.9. The molecule has 1 aromatic heterocycles. The van der Waals surface area contributed by atoms with E-state index in [2.05, 4.69) is 4.90 Å². The van der Waals surface area contributed by atoms with Crippen molar-refractivity contribution in [3.8, 4) is 5.75 Å². The van der Waals surface area contributed by atoms with Crippen molar-refractivity contribution in [1.82, 2.24) is 9.88 Å². The molecule has 2 amide bonds. The molecule has 184 valence electrons. The minimum absolute atomic E-state index is 0.0168. The van der Waals surface area contributed by atoms with E-state index in [1.54, 1.807) is 16.9 Å². The number of morpholine rings is 1. The van der Waals surface area contributed by atoms with Gasteiger partial charge in [0.15, 0.2) is 5.13 Å². The molecule has 2 fully saturated rings. The minimum Gasteiger partial charge on any atom is -0.497 e. The summed E-state index contributed by atoms with van der Waals surface area (Å²) in [7, 11) is 1.63. The van der Waals surface area contributed by atoms with E-state index in [4.69, 9.17) is 14.5 Å². The summed E-state index contributed by atoms with van der Waals surface area (Å²) in [4.78, 5) is 37.3. The van der Waals surface area contributed by atoms with Crippen LogP contribution in [0.25, 0.3) is 10.2 Å². The summed E-state index contributed by atoms with van der Waals surface area (Å²) in [5.41, 5.74) is 1.64. The maximum absolute atomic E-state index is 13.8. The Bertz CT molecular complexity index is 1180. The predicted molar refractivity (Wildman–Crippen MR) is 137 cm³/mol. The highest BCUT2D eigenvalue weighted by molar-refractivity contribution is 7.22. The van der Waals surface area contributed by atoms with Gasteiger partial charge in [0, 0.05) is 50.9 Å². The smallest absolute Gasteiger partial charge is 0.234 e. The first-order valence-electron chi connectivity index (χ1n) is 12.0. The van der Waals surface area contributed by atoms with Gasteiger partial charge in [-0.15, -0.1) is 0 Å². The number of rotatable bonds is 8. The van der Waals surface area contributed by atoms with E-state index in [1.165, 1.54) is 11.3 Å². The number of aromatic nitrogens is 1. The van der Waals surface area contributed by atoms with E-state index in [-0.39, 0.29) is 18.2 Å². The van der Waals surface area contributed by atoms with Gasteiger partial charge >= 0.3 is 0 Å². The van der Waals surface area contributed by atoms with Crippen molar-refractivity contribution < 1.29 is 19.1 Å². The maximum Gasteiger partial charge on any atom is 0.234 e. The number of anilines is 2. The van der Waals surface area contributed by atoms with Crippen molar-refractivity contribution in [2.75, 3.05) is 62.8 Å². The second-order valence-corrected chi connectivity index (χ2v) is 9.88. The Morgan fingerprint density at radius 1 is 1.20 bits per heavy atom. The highest BCUT2D eigenvalue weighted by Gasteiger charge is 2.38. The molecule has 0 N–H and O–H groups in total. The van der Waals surface area contributed by atoms with Crippen molar-refractivity contribution in [3.05, 3.63) is 48.5 Å². The molecule has 5 rings (SSSR count). The second kappa shape index (κ2) is 10.7. The number of nitrogens with zero attached hydrogens (tertiary/aromatic N) is 4. The van der Waals surface area contributed by atoms with Crippen LogP contribution in [0.5, 0.6) is 5.75 Å². The van der Waals surface area contributed by atoms with Crippen LogP contribution in [0.3, 0.4) is 0 Å². The average Bonchev–Trinajstić information content (AvgIpc) is 3.50. The van der Waals surface area contributed by atoms with Crippen LogP contribution < -0.4 is 14.5 Å². The van der Waals surface area contributed by atoms with Crippen LogP contribution in [0.1, 0.15) is 12.8 Å². The van der Waals surface area contributed by atoms with Crippen molar-refractivity contribution in [1.29, 1.82) is 0 Å². The SMILES string of the molecule is COc1ccc2sc(N(CCCN3CCOCC3)C(=O)C3CC(=O)N(c4ccccc4)C3)nc2c1. The monoisotopic (exact) mass is 494 g/mol.